The van der Waals surface area contributed by atoms with E-state index in [4.69, 9.17) is 10.5 Å². The molecule has 3 aromatic carbocycles. The maximum absolute atomic E-state index is 12.2. The van der Waals surface area contributed by atoms with Gasteiger partial charge in [-0.1, -0.05) is 72.3 Å². The van der Waals surface area contributed by atoms with E-state index in [1.165, 1.54) is 22.3 Å². The number of nitrogen functional groups attached to an aromatic ring is 1. The summed E-state index contributed by atoms with van der Waals surface area (Å²) in [5.74, 6) is 0.0637. The van der Waals surface area contributed by atoms with Crippen molar-refractivity contribution in [3.8, 4) is 11.1 Å². The molecule has 3 N–H and O–H groups in total. The summed E-state index contributed by atoms with van der Waals surface area (Å²) in [6, 6.07) is 20.7. The van der Waals surface area contributed by atoms with Gasteiger partial charge < -0.3 is 15.8 Å². The highest BCUT2D eigenvalue weighted by atomic mass is 16.5. The number of nitrogens with one attached hydrogen (secondary N) is 1. The first-order chi connectivity index (χ1) is 14.5. The molecule has 0 radical (unpaired) electrons. The largest absolute Gasteiger partial charge is 0.449 e. The third-order valence-corrected chi connectivity index (χ3v) is 5.57. The third kappa shape index (κ3) is 3.94. The summed E-state index contributed by atoms with van der Waals surface area (Å²) in [6.07, 6.45) is 3.39. The van der Waals surface area contributed by atoms with Gasteiger partial charge in [-0.25, -0.2) is 4.79 Å². The minimum atomic E-state index is -0.421. The molecule has 0 saturated heterocycles. The van der Waals surface area contributed by atoms with Gasteiger partial charge in [0.25, 0.3) is 0 Å². The summed E-state index contributed by atoms with van der Waals surface area (Å²) >= 11 is 0. The second-order valence-corrected chi connectivity index (χ2v) is 7.69. The second-order valence-electron chi connectivity index (χ2n) is 7.69. The van der Waals surface area contributed by atoms with Crippen LogP contribution in [0.5, 0.6) is 0 Å². The van der Waals surface area contributed by atoms with E-state index in [9.17, 15) is 4.79 Å². The molecule has 3 aromatic rings. The number of alkyl carbamates (subject to hydrolysis) is 1. The van der Waals surface area contributed by atoms with Crippen molar-refractivity contribution in [2.45, 2.75) is 19.8 Å². The molecular formula is C26H26N2O2. The molecule has 0 fully saturated rings. The highest BCUT2D eigenvalue weighted by molar-refractivity contribution is 5.79. The van der Waals surface area contributed by atoms with Crippen LogP contribution in [0, 0.1) is 13.8 Å². The van der Waals surface area contributed by atoms with Gasteiger partial charge in [-0.15, -0.1) is 0 Å². The Morgan fingerprint density at radius 1 is 1.03 bits per heavy atom. The molecular weight excluding hydrogens is 372 g/mol. The normalized spacial score (nSPS) is 12.6. The van der Waals surface area contributed by atoms with Crippen molar-refractivity contribution in [1.82, 2.24) is 5.32 Å². The maximum Gasteiger partial charge on any atom is 0.407 e. The van der Waals surface area contributed by atoms with Crippen LogP contribution in [0.2, 0.25) is 0 Å². The van der Waals surface area contributed by atoms with Gasteiger partial charge in [0.2, 0.25) is 0 Å². The Labute approximate surface area is 177 Å². The first-order valence-electron chi connectivity index (χ1n) is 10.2. The number of hydrogen-bond acceptors (Lipinski definition) is 3. The van der Waals surface area contributed by atoms with E-state index in [2.05, 4.69) is 35.6 Å². The Hall–Kier alpha value is -3.53. The number of rotatable bonds is 5. The number of ether oxygens (including phenoxy) is 1. The van der Waals surface area contributed by atoms with Crippen LogP contribution in [0.3, 0.4) is 0 Å². The van der Waals surface area contributed by atoms with Crippen LogP contribution in [0.4, 0.5) is 10.5 Å². The van der Waals surface area contributed by atoms with E-state index in [1.807, 2.05) is 56.3 Å². The number of carbonyl (C=O) groups is 1. The van der Waals surface area contributed by atoms with Gasteiger partial charge >= 0.3 is 6.09 Å². The number of fused-ring (bicyclic) bond motifs is 3. The van der Waals surface area contributed by atoms with Crippen molar-refractivity contribution in [3.63, 3.8) is 0 Å². The van der Waals surface area contributed by atoms with Crippen LogP contribution in [-0.4, -0.2) is 19.2 Å². The topological polar surface area (TPSA) is 64.3 Å². The zero-order valence-electron chi connectivity index (χ0n) is 17.3. The van der Waals surface area contributed by atoms with Gasteiger partial charge in [0.05, 0.1) is 0 Å². The second kappa shape index (κ2) is 8.46. The SMILES string of the molecule is Cc1cc(C)c(N)c(C=CCNC(=O)OCC2c3ccccc3-c3ccccc32)c1. The fraction of sp³-hybridized carbons (Fsp3) is 0.192. The van der Waals surface area contributed by atoms with E-state index < -0.39 is 6.09 Å². The highest BCUT2D eigenvalue weighted by Gasteiger charge is 2.28. The zero-order chi connectivity index (χ0) is 21.1. The maximum atomic E-state index is 12.2. The van der Waals surface area contributed by atoms with Gasteiger partial charge in [0, 0.05) is 18.2 Å². The molecule has 4 rings (SSSR count). The number of nitrogens with two attached hydrogens (primary N) is 1. The summed E-state index contributed by atoms with van der Waals surface area (Å²) < 4.78 is 5.55. The summed E-state index contributed by atoms with van der Waals surface area (Å²) in [5.41, 5.74) is 14.9. The quantitative estimate of drug-likeness (QED) is 0.563. The van der Waals surface area contributed by atoms with E-state index in [1.54, 1.807) is 0 Å². The smallest absolute Gasteiger partial charge is 0.407 e. The fourth-order valence-corrected chi connectivity index (χ4v) is 4.13. The minimum Gasteiger partial charge on any atom is -0.449 e. The first kappa shape index (κ1) is 19.8. The van der Waals surface area contributed by atoms with Crippen molar-refractivity contribution in [3.05, 3.63) is 94.6 Å². The predicted molar refractivity (Wildman–Crippen MR) is 122 cm³/mol. The molecule has 4 heteroatoms. The average Bonchev–Trinajstić information content (AvgIpc) is 3.07. The Balaban J connectivity index is 1.35. The van der Waals surface area contributed by atoms with Gasteiger partial charge in [0.1, 0.15) is 6.61 Å². The van der Waals surface area contributed by atoms with Crippen LogP contribution < -0.4 is 11.1 Å². The molecule has 0 saturated carbocycles. The summed E-state index contributed by atoms with van der Waals surface area (Å²) in [5, 5.41) is 2.78. The van der Waals surface area contributed by atoms with Crippen LogP contribution in [0.1, 0.15) is 33.7 Å². The standard InChI is InChI=1S/C26H26N2O2/c1-17-14-18(2)25(27)19(15-17)8-7-13-28-26(29)30-16-24-22-11-5-3-9-20(22)21-10-4-6-12-23(21)24/h3-12,14-15,24H,13,16,27H2,1-2H3,(H,28,29). The van der Waals surface area contributed by atoms with Crippen molar-refractivity contribution < 1.29 is 9.53 Å². The van der Waals surface area contributed by atoms with E-state index >= 15 is 0 Å². The van der Waals surface area contributed by atoms with Crippen molar-refractivity contribution in [2.24, 2.45) is 0 Å². The van der Waals surface area contributed by atoms with Crippen LogP contribution in [-0.2, 0) is 4.74 Å². The minimum absolute atomic E-state index is 0.0637. The lowest BCUT2D eigenvalue weighted by atomic mass is 9.98. The Bertz CT molecular complexity index is 1070. The summed E-state index contributed by atoms with van der Waals surface area (Å²) in [7, 11) is 0. The number of anilines is 1. The molecule has 1 amide bonds. The van der Waals surface area contributed by atoms with Gasteiger partial charge in [-0.2, -0.15) is 0 Å². The van der Waals surface area contributed by atoms with Gasteiger partial charge in [-0.05, 0) is 53.3 Å². The molecule has 0 bridgehead atoms. The predicted octanol–water partition coefficient (Wildman–Crippen LogP) is 5.44. The molecule has 4 nitrogen and oxygen atoms in total. The molecule has 0 spiro atoms. The number of carbonyl (C=O) groups excluding carboxylic acids is 1. The molecule has 1 aliphatic carbocycles. The van der Waals surface area contributed by atoms with E-state index in [-0.39, 0.29) is 5.92 Å². The zero-order valence-corrected chi connectivity index (χ0v) is 17.3. The van der Waals surface area contributed by atoms with Crippen LogP contribution >= 0.6 is 0 Å². The number of amides is 1. The average molecular weight is 399 g/mol. The summed E-state index contributed by atoms with van der Waals surface area (Å²) in [4.78, 5) is 12.2. The molecule has 0 aliphatic heterocycles. The van der Waals surface area contributed by atoms with Crippen molar-refractivity contribution in [2.75, 3.05) is 18.9 Å². The molecule has 0 heterocycles. The van der Waals surface area contributed by atoms with Crippen molar-refractivity contribution >= 4 is 17.9 Å². The molecule has 30 heavy (non-hydrogen) atoms. The Kier molecular flexibility index (Phi) is 5.57. The first-order valence-corrected chi connectivity index (χ1v) is 10.2. The van der Waals surface area contributed by atoms with E-state index in [0.29, 0.717) is 13.2 Å². The lowest BCUT2D eigenvalue weighted by Gasteiger charge is -2.14. The number of benzene rings is 3. The molecule has 152 valence electrons. The van der Waals surface area contributed by atoms with Gasteiger partial charge in [-0.3, -0.25) is 0 Å². The molecule has 0 atom stereocenters. The number of hydrogen-bond donors (Lipinski definition) is 2. The molecule has 0 aromatic heterocycles. The lowest BCUT2D eigenvalue weighted by molar-refractivity contribution is 0.144. The van der Waals surface area contributed by atoms with Crippen LogP contribution in [0.25, 0.3) is 17.2 Å². The highest BCUT2D eigenvalue weighted by Crippen LogP contribution is 2.44. The fourth-order valence-electron chi connectivity index (χ4n) is 4.13. The molecule has 1 aliphatic rings. The number of aryl methyl sites for hydroxylation is 2. The third-order valence-electron chi connectivity index (χ3n) is 5.57. The van der Waals surface area contributed by atoms with Crippen LogP contribution in [0.15, 0.2) is 66.7 Å². The lowest BCUT2D eigenvalue weighted by Crippen LogP contribution is -2.26. The Morgan fingerprint density at radius 2 is 1.67 bits per heavy atom. The monoisotopic (exact) mass is 398 g/mol. The van der Waals surface area contributed by atoms with Gasteiger partial charge in [0.15, 0.2) is 0 Å². The Morgan fingerprint density at radius 3 is 2.33 bits per heavy atom. The summed E-state index contributed by atoms with van der Waals surface area (Å²) in [6.45, 7) is 4.73. The van der Waals surface area contributed by atoms with E-state index in [0.717, 1.165) is 22.4 Å². The molecule has 0 unspecified atom stereocenters. The van der Waals surface area contributed by atoms with Crippen molar-refractivity contribution in [1.29, 1.82) is 0 Å².